The minimum absolute atomic E-state index is 0.0600. The van der Waals surface area contributed by atoms with Gasteiger partial charge in [0.15, 0.2) is 0 Å². The van der Waals surface area contributed by atoms with Crippen molar-refractivity contribution in [2.45, 2.75) is 19.2 Å². The Morgan fingerprint density at radius 3 is 2.68 bits per heavy atom. The van der Waals surface area contributed by atoms with Crippen LogP contribution in [0.25, 0.3) is 0 Å². The molecule has 0 aromatic heterocycles. The average molecular weight is 261 g/mol. The molecule has 0 spiro atoms. The van der Waals surface area contributed by atoms with Crippen molar-refractivity contribution in [3.8, 4) is 0 Å². The smallest absolute Gasteiger partial charge is 0.320 e. The second kappa shape index (κ2) is 5.19. The molecule has 2 aliphatic heterocycles. The van der Waals surface area contributed by atoms with Crippen LogP contribution < -0.4 is 5.32 Å². The summed E-state index contributed by atoms with van der Waals surface area (Å²) in [7, 11) is 0. The molecule has 1 aromatic rings. The lowest BCUT2D eigenvalue weighted by Gasteiger charge is -2.28. The van der Waals surface area contributed by atoms with Gasteiger partial charge in [0.2, 0.25) is 0 Å². The summed E-state index contributed by atoms with van der Waals surface area (Å²) in [5, 5.41) is 12.3. The zero-order valence-electron chi connectivity index (χ0n) is 10.9. The number of hydrogen-bond acceptors (Lipinski definition) is 3. The molecule has 1 atom stereocenters. The number of amides is 2. The van der Waals surface area contributed by atoms with Crippen molar-refractivity contribution in [2.75, 3.05) is 26.2 Å². The highest BCUT2D eigenvalue weighted by molar-refractivity contribution is 5.77. The van der Waals surface area contributed by atoms with Crippen molar-refractivity contribution in [3.05, 3.63) is 35.4 Å². The quantitative estimate of drug-likeness (QED) is 0.827. The maximum Gasteiger partial charge on any atom is 0.320 e. The Morgan fingerprint density at radius 1 is 1.26 bits per heavy atom. The van der Waals surface area contributed by atoms with E-state index in [1.54, 1.807) is 0 Å². The van der Waals surface area contributed by atoms with Gasteiger partial charge in [-0.2, -0.15) is 0 Å². The molecule has 2 amide bonds. The molecule has 1 aromatic carbocycles. The van der Waals surface area contributed by atoms with Gasteiger partial charge in [-0.15, -0.1) is 0 Å². The third-order valence-electron chi connectivity index (χ3n) is 3.88. The van der Waals surface area contributed by atoms with Crippen LogP contribution in [0.3, 0.4) is 0 Å². The number of urea groups is 1. The maximum absolute atomic E-state index is 12.3. The van der Waals surface area contributed by atoms with Crippen LogP contribution in [0.15, 0.2) is 24.3 Å². The molecule has 2 N–H and O–H groups in total. The Bertz CT molecular complexity index is 460. The van der Waals surface area contributed by atoms with Gasteiger partial charge in [-0.3, -0.25) is 0 Å². The fourth-order valence-corrected chi connectivity index (χ4v) is 2.79. The van der Waals surface area contributed by atoms with E-state index in [0.717, 1.165) is 37.3 Å². The summed E-state index contributed by atoms with van der Waals surface area (Å²) in [6.07, 6.45) is 0. The van der Waals surface area contributed by atoms with Gasteiger partial charge in [0.05, 0.1) is 12.6 Å². The number of rotatable bonds is 3. The van der Waals surface area contributed by atoms with E-state index in [1.807, 2.05) is 34.1 Å². The van der Waals surface area contributed by atoms with E-state index in [0.29, 0.717) is 12.6 Å². The van der Waals surface area contributed by atoms with Gasteiger partial charge >= 0.3 is 6.03 Å². The molecule has 0 bridgehead atoms. The molecule has 0 radical (unpaired) electrons. The summed E-state index contributed by atoms with van der Waals surface area (Å²) in [5.74, 6) is 0. The predicted octanol–water partition coefficient (Wildman–Crippen LogP) is 0.388. The number of nitrogens with one attached hydrogen (secondary N) is 1. The van der Waals surface area contributed by atoms with Crippen molar-refractivity contribution in [3.63, 3.8) is 0 Å². The zero-order valence-corrected chi connectivity index (χ0v) is 10.9. The van der Waals surface area contributed by atoms with E-state index in [1.165, 1.54) is 0 Å². The molecular formula is C14H19N3O2. The monoisotopic (exact) mass is 261 g/mol. The number of benzene rings is 1. The molecule has 1 unspecified atom stereocenters. The molecular weight excluding hydrogens is 242 g/mol. The first-order valence-electron chi connectivity index (χ1n) is 6.73. The van der Waals surface area contributed by atoms with E-state index >= 15 is 0 Å². The van der Waals surface area contributed by atoms with Crippen LogP contribution in [0.4, 0.5) is 4.79 Å². The molecule has 3 rings (SSSR count). The largest absolute Gasteiger partial charge is 0.392 e. The van der Waals surface area contributed by atoms with Gasteiger partial charge in [0.25, 0.3) is 0 Å². The highest BCUT2D eigenvalue weighted by Gasteiger charge is 2.38. The van der Waals surface area contributed by atoms with E-state index in [4.69, 9.17) is 5.11 Å². The summed E-state index contributed by atoms with van der Waals surface area (Å²) in [6.45, 7) is 4.10. The van der Waals surface area contributed by atoms with E-state index in [9.17, 15) is 4.79 Å². The number of fused-ring (bicyclic) bond motifs is 1. The topological polar surface area (TPSA) is 55.8 Å². The number of nitrogens with zero attached hydrogens (tertiary/aromatic N) is 2. The number of carbonyl (C=O) groups excluding carboxylic acids is 1. The fourth-order valence-electron chi connectivity index (χ4n) is 2.79. The highest BCUT2D eigenvalue weighted by Crippen LogP contribution is 2.20. The third-order valence-corrected chi connectivity index (χ3v) is 3.88. The number of aliphatic hydroxyl groups excluding tert-OH is 1. The Labute approximate surface area is 112 Å². The minimum Gasteiger partial charge on any atom is -0.392 e. The van der Waals surface area contributed by atoms with Crippen LogP contribution >= 0.6 is 0 Å². The van der Waals surface area contributed by atoms with Crippen molar-refractivity contribution in [1.82, 2.24) is 15.1 Å². The van der Waals surface area contributed by atoms with Crippen molar-refractivity contribution in [1.29, 1.82) is 0 Å². The lowest BCUT2D eigenvalue weighted by atomic mass is 10.1. The summed E-state index contributed by atoms with van der Waals surface area (Å²) >= 11 is 0. The second-order valence-electron chi connectivity index (χ2n) is 5.19. The summed E-state index contributed by atoms with van der Waals surface area (Å²) in [5.41, 5.74) is 2.01. The maximum atomic E-state index is 12.3. The van der Waals surface area contributed by atoms with Gasteiger partial charge in [-0.05, 0) is 11.1 Å². The number of piperazine rings is 1. The SMILES string of the molecule is O=C1N(Cc2ccc(CO)cc2)CC2CNCCN12. The molecule has 5 nitrogen and oxygen atoms in total. The molecule has 0 saturated carbocycles. The van der Waals surface area contributed by atoms with Crippen LogP contribution in [0.2, 0.25) is 0 Å². The molecule has 2 heterocycles. The van der Waals surface area contributed by atoms with Crippen LogP contribution in [0.1, 0.15) is 11.1 Å². The van der Waals surface area contributed by atoms with Gasteiger partial charge < -0.3 is 20.2 Å². The number of hydrogen-bond donors (Lipinski definition) is 2. The van der Waals surface area contributed by atoms with Crippen LogP contribution in [0, 0.1) is 0 Å². The first kappa shape index (κ1) is 12.4. The van der Waals surface area contributed by atoms with Crippen LogP contribution in [-0.2, 0) is 13.2 Å². The molecule has 102 valence electrons. The van der Waals surface area contributed by atoms with Crippen LogP contribution in [0.5, 0.6) is 0 Å². The zero-order chi connectivity index (χ0) is 13.2. The average Bonchev–Trinajstić information content (AvgIpc) is 2.77. The Hall–Kier alpha value is -1.59. The van der Waals surface area contributed by atoms with Gasteiger partial charge in [-0.1, -0.05) is 24.3 Å². The van der Waals surface area contributed by atoms with Crippen molar-refractivity contribution >= 4 is 6.03 Å². The van der Waals surface area contributed by atoms with Gasteiger partial charge in [0.1, 0.15) is 0 Å². The minimum atomic E-state index is 0.0600. The standard InChI is InChI=1S/C14H19N3O2/c18-10-12-3-1-11(2-4-12)8-16-9-13-7-15-5-6-17(13)14(16)19/h1-4,13,15,18H,5-10H2. The van der Waals surface area contributed by atoms with Gasteiger partial charge in [-0.25, -0.2) is 4.79 Å². The summed E-state index contributed by atoms with van der Waals surface area (Å²) in [6, 6.07) is 8.24. The number of aliphatic hydroxyl groups is 1. The molecule has 19 heavy (non-hydrogen) atoms. The van der Waals surface area contributed by atoms with E-state index in [-0.39, 0.29) is 12.6 Å². The lowest BCUT2D eigenvalue weighted by Crippen LogP contribution is -2.49. The molecule has 2 fully saturated rings. The second-order valence-corrected chi connectivity index (χ2v) is 5.19. The molecule has 0 aliphatic carbocycles. The normalized spacial score (nSPS) is 22.8. The van der Waals surface area contributed by atoms with Crippen molar-refractivity contribution in [2.24, 2.45) is 0 Å². The lowest BCUT2D eigenvalue weighted by molar-refractivity contribution is 0.178. The first-order valence-corrected chi connectivity index (χ1v) is 6.73. The number of carbonyl (C=O) groups is 1. The molecule has 2 aliphatic rings. The van der Waals surface area contributed by atoms with Gasteiger partial charge in [0, 0.05) is 32.7 Å². The Balaban J connectivity index is 1.67. The van der Waals surface area contributed by atoms with Crippen molar-refractivity contribution < 1.29 is 9.90 Å². The Morgan fingerprint density at radius 2 is 2.00 bits per heavy atom. The predicted molar refractivity (Wildman–Crippen MR) is 71.5 cm³/mol. The summed E-state index contributed by atoms with van der Waals surface area (Å²) < 4.78 is 0. The fraction of sp³-hybridized carbons (Fsp3) is 0.500. The summed E-state index contributed by atoms with van der Waals surface area (Å²) in [4.78, 5) is 16.1. The van der Waals surface area contributed by atoms with Crippen LogP contribution in [-0.4, -0.2) is 53.2 Å². The third kappa shape index (κ3) is 2.43. The Kier molecular flexibility index (Phi) is 3.40. The van der Waals surface area contributed by atoms with E-state index < -0.39 is 0 Å². The first-order chi connectivity index (χ1) is 9.28. The molecule has 2 saturated heterocycles. The highest BCUT2D eigenvalue weighted by atomic mass is 16.3. The van der Waals surface area contributed by atoms with E-state index in [2.05, 4.69) is 5.32 Å². The molecule has 5 heteroatoms.